The predicted molar refractivity (Wildman–Crippen MR) is 50.2 cm³/mol. The molecule has 7 N–H and O–H groups in total. The average molecular weight is 246 g/mol. The summed E-state index contributed by atoms with van der Waals surface area (Å²) < 4.78 is 24.0. The molecule has 0 saturated carbocycles. The summed E-state index contributed by atoms with van der Waals surface area (Å²) in [5.74, 6) is -1.92. The number of hydrogen-bond acceptors (Lipinski definition) is 5. The van der Waals surface area contributed by atoms with Crippen LogP contribution in [0.4, 0.5) is 0 Å². The van der Waals surface area contributed by atoms with E-state index in [0.717, 1.165) is 0 Å². The Bertz CT molecular complexity index is 291. The van der Waals surface area contributed by atoms with Crippen molar-refractivity contribution in [1.82, 2.24) is 0 Å². The number of primary amides is 1. The van der Waals surface area contributed by atoms with Crippen molar-refractivity contribution in [3.05, 3.63) is 0 Å². The summed E-state index contributed by atoms with van der Waals surface area (Å²) in [5.41, 5.74) is 9.57. The number of carbonyl (C=O) groups is 2. The zero-order chi connectivity index (χ0) is 11.9. The Kier molecular flexibility index (Phi) is 7.40. The molecular formula is C4H10N2O6S2. The summed E-state index contributed by atoms with van der Waals surface area (Å²) in [6, 6.07) is -1.16. The first-order valence-electron chi connectivity index (χ1n) is 3.00. The quantitative estimate of drug-likeness (QED) is 0.379. The number of rotatable bonds is 3. The van der Waals surface area contributed by atoms with Crippen LogP contribution in [-0.4, -0.2) is 36.3 Å². The van der Waals surface area contributed by atoms with Crippen LogP contribution in [0.3, 0.4) is 0 Å². The van der Waals surface area contributed by atoms with Crippen molar-refractivity contribution in [3.8, 4) is 0 Å². The molecule has 0 bridgehead atoms. The van der Waals surface area contributed by atoms with Crippen LogP contribution in [0.15, 0.2) is 0 Å². The molecule has 1 amide bonds. The first-order valence-corrected chi connectivity index (χ1v) is 5.40. The van der Waals surface area contributed by atoms with Gasteiger partial charge in [0.15, 0.2) is 0 Å². The largest absolute Gasteiger partial charge is 0.480 e. The summed E-state index contributed by atoms with van der Waals surface area (Å²) in [7, 11) is -3.83. The zero-order valence-electron chi connectivity index (χ0n) is 6.82. The van der Waals surface area contributed by atoms with Gasteiger partial charge in [-0.1, -0.05) is 0 Å². The molecule has 0 saturated heterocycles. The molecule has 0 fully saturated rings. The van der Waals surface area contributed by atoms with Crippen molar-refractivity contribution in [3.63, 3.8) is 0 Å². The van der Waals surface area contributed by atoms with E-state index in [1.54, 1.807) is 0 Å². The lowest BCUT2D eigenvalue weighted by molar-refractivity contribution is -0.140. The monoisotopic (exact) mass is 246 g/mol. The van der Waals surface area contributed by atoms with Crippen molar-refractivity contribution in [1.29, 1.82) is 0 Å². The number of hydrogen-bond donors (Lipinski definition) is 5. The highest BCUT2D eigenvalue weighted by Crippen LogP contribution is 1.84. The molecule has 84 valence electrons. The predicted octanol–water partition coefficient (Wildman–Crippen LogP) is -2.05. The van der Waals surface area contributed by atoms with Crippen LogP contribution in [0.25, 0.3) is 0 Å². The third kappa shape index (κ3) is 22.5. The van der Waals surface area contributed by atoms with E-state index in [9.17, 15) is 9.59 Å². The Morgan fingerprint density at radius 3 is 1.79 bits per heavy atom. The lowest BCUT2D eigenvalue weighted by Crippen LogP contribution is -2.34. The van der Waals surface area contributed by atoms with E-state index in [1.165, 1.54) is 0 Å². The molecule has 0 aliphatic rings. The minimum absolute atomic E-state index is 0.310. The minimum atomic E-state index is -3.83. The molecule has 0 aromatic rings. The average Bonchev–Trinajstić information content (AvgIpc) is 1.80. The Morgan fingerprint density at radius 1 is 1.43 bits per heavy atom. The number of carboxylic acids is 1. The van der Waals surface area contributed by atoms with Gasteiger partial charge in [0.1, 0.15) is 6.04 Å². The third-order valence-electron chi connectivity index (χ3n) is 0.738. The van der Waals surface area contributed by atoms with Crippen LogP contribution in [-0.2, 0) is 29.8 Å². The topological polar surface area (TPSA) is 164 Å². The molecule has 0 heterocycles. The fourth-order valence-corrected chi connectivity index (χ4v) is 0.304. The maximum absolute atomic E-state index is 9.99. The van der Waals surface area contributed by atoms with Gasteiger partial charge in [0.05, 0.1) is 6.42 Å². The highest BCUT2D eigenvalue weighted by molar-refractivity contribution is 8.26. The molecule has 0 aliphatic heterocycles. The van der Waals surface area contributed by atoms with Gasteiger partial charge in [-0.15, -0.1) is 0 Å². The summed E-state index contributed by atoms with van der Waals surface area (Å²) in [5, 5.41) is 8.10. The van der Waals surface area contributed by atoms with Gasteiger partial charge in [0.2, 0.25) is 5.91 Å². The minimum Gasteiger partial charge on any atom is -0.480 e. The van der Waals surface area contributed by atoms with Crippen LogP contribution in [0.2, 0.25) is 0 Å². The maximum Gasteiger partial charge on any atom is 0.321 e. The highest BCUT2D eigenvalue weighted by atomic mass is 32.9. The number of nitrogens with two attached hydrogens (primary N) is 2. The van der Waals surface area contributed by atoms with Gasteiger partial charge in [0, 0.05) is 11.2 Å². The normalized spacial score (nSPS) is 12.2. The van der Waals surface area contributed by atoms with E-state index in [2.05, 4.69) is 16.9 Å². The molecule has 0 spiro atoms. The van der Waals surface area contributed by atoms with Crippen molar-refractivity contribution in [2.24, 2.45) is 11.5 Å². The zero-order valence-corrected chi connectivity index (χ0v) is 8.46. The van der Waals surface area contributed by atoms with Gasteiger partial charge in [-0.2, -0.15) is 4.21 Å². The SMILES string of the molecule is NC(=O)C[C@H](N)C(=O)O.O=S(O)(O)=S. The summed E-state index contributed by atoms with van der Waals surface area (Å²) in [6.45, 7) is 0. The van der Waals surface area contributed by atoms with Crippen molar-refractivity contribution >= 4 is 32.1 Å². The first kappa shape index (κ1) is 15.7. The molecule has 0 aromatic heterocycles. The molecule has 0 rings (SSSR count). The van der Waals surface area contributed by atoms with Crippen molar-refractivity contribution in [2.75, 3.05) is 0 Å². The van der Waals surface area contributed by atoms with Crippen LogP contribution < -0.4 is 11.5 Å². The Labute approximate surface area is 84.6 Å². The lowest BCUT2D eigenvalue weighted by atomic mass is 10.2. The molecular weight excluding hydrogens is 236 g/mol. The number of carbonyl (C=O) groups excluding carboxylic acids is 1. The van der Waals surface area contributed by atoms with E-state index in [-0.39, 0.29) is 6.42 Å². The molecule has 0 aromatic carbocycles. The van der Waals surface area contributed by atoms with Crippen LogP contribution >= 0.6 is 0 Å². The van der Waals surface area contributed by atoms with Crippen molar-refractivity contribution < 1.29 is 28.0 Å². The van der Waals surface area contributed by atoms with E-state index < -0.39 is 27.0 Å². The van der Waals surface area contributed by atoms with E-state index in [4.69, 9.17) is 24.2 Å². The molecule has 10 heteroatoms. The standard InChI is InChI=1S/C4H8N2O3.H2O3S2/c5-2(4(8)9)1-3(6)7;1-5(2,3)4/h2H,1,5H2,(H2,6,7)(H,8,9);(H2,1,2,3,4)/t2-;/m0./s1. The fraction of sp³-hybridized carbons (Fsp3) is 0.500. The molecule has 1 atom stereocenters. The number of aliphatic carboxylic acids is 1. The Morgan fingerprint density at radius 2 is 1.71 bits per heavy atom. The molecule has 0 unspecified atom stereocenters. The second kappa shape index (κ2) is 6.62. The van der Waals surface area contributed by atoms with E-state index >= 15 is 0 Å². The molecule has 8 nitrogen and oxygen atoms in total. The van der Waals surface area contributed by atoms with Crippen molar-refractivity contribution in [2.45, 2.75) is 12.5 Å². The summed E-state index contributed by atoms with van der Waals surface area (Å²) >= 11 is 3.47. The lowest BCUT2D eigenvalue weighted by Gasteiger charge is -1.99. The number of carboxylic acid groups (broad SMARTS) is 1. The Balaban J connectivity index is 0. The second-order valence-corrected chi connectivity index (χ2v) is 4.26. The van der Waals surface area contributed by atoms with Gasteiger partial charge >= 0.3 is 5.97 Å². The van der Waals surface area contributed by atoms with Gasteiger partial charge in [-0.05, 0) is 0 Å². The first-order chi connectivity index (χ1) is 6.04. The van der Waals surface area contributed by atoms with E-state index in [0.29, 0.717) is 0 Å². The van der Waals surface area contributed by atoms with Gasteiger partial charge < -0.3 is 16.6 Å². The van der Waals surface area contributed by atoms with E-state index in [1.807, 2.05) is 0 Å². The summed E-state index contributed by atoms with van der Waals surface area (Å²) in [6.07, 6.45) is -0.310. The third-order valence-corrected chi connectivity index (χ3v) is 0.738. The highest BCUT2D eigenvalue weighted by Gasteiger charge is 2.13. The van der Waals surface area contributed by atoms with Crippen LogP contribution in [0, 0.1) is 0 Å². The molecule has 0 aliphatic carbocycles. The second-order valence-electron chi connectivity index (χ2n) is 2.06. The van der Waals surface area contributed by atoms with Crippen LogP contribution in [0.5, 0.6) is 0 Å². The van der Waals surface area contributed by atoms with Crippen LogP contribution in [0.1, 0.15) is 6.42 Å². The smallest absolute Gasteiger partial charge is 0.321 e. The fourth-order valence-electron chi connectivity index (χ4n) is 0.304. The van der Waals surface area contributed by atoms with Gasteiger partial charge in [0.25, 0.3) is 9.05 Å². The molecule has 14 heavy (non-hydrogen) atoms. The number of amides is 1. The molecule has 0 radical (unpaired) electrons. The Hall–Kier alpha value is -0.810. The van der Waals surface area contributed by atoms with Gasteiger partial charge in [-0.25, -0.2) is 0 Å². The summed E-state index contributed by atoms with van der Waals surface area (Å²) in [4.78, 5) is 19.9. The van der Waals surface area contributed by atoms with Gasteiger partial charge in [-0.3, -0.25) is 18.7 Å². The maximum atomic E-state index is 9.99.